The Hall–Kier alpha value is -0.670. The smallest absolute Gasteiger partial charge is 0.336 e. The second kappa shape index (κ2) is 5.76. The van der Waals surface area contributed by atoms with E-state index in [0.29, 0.717) is 9.99 Å². The molecule has 0 fully saturated rings. The van der Waals surface area contributed by atoms with Gasteiger partial charge >= 0.3 is 5.97 Å². The maximum atomic E-state index is 12.2. The fourth-order valence-electron chi connectivity index (χ4n) is 1.33. The van der Waals surface area contributed by atoms with Gasteiger partial charge < -0.3 is 5.11 Å². The Morgan fingerprint density at radius 1 is 1.42 bits per heavy atom. The number of benzene rings is 1. The highest BCUT2D eigenvalue weighted by atomic mass is 127. The van der Waals surface area contributed by atoms with Crippen molar-refractivity contribution >= 4 is 38.6 Å². The average Bonchev–Trinajstić information content (AvgIpc) is 2.27. The van der Waals surface area contributed by atoms with Gasteiger partial charge in [-0.15, -0.1) is 0 Å². The molecule has 1 rings (SSSR count). The molecule has 0 bridgehead atoms. The van der Waals surface area contributed by atoms with Gasteiger partial charge in [0.2, 0.25) is 10.0 Å². The largest absolute Gasteiger partial charge is 0.478 e. The third-order valence-electron chi connectivity index (χ3n) is 2.77. The van der Waals surface area contributed by atoms with E-state index in [1.165, 1.54) is 18.2 Å². The average molecular weight is 397 g/mol. The molecule has 0 spiro atoms. The van der Waals surface area contributed by atoms with Crippen molar-refractivity contribution in [3.8, 4) is 0 Å². The third kappa shape index (κ3) is 4.15. The minimum atomic E-state index is -3.72. The summed E-state index contributed by atoms with van der Waals surface area (Å²) in [6.45, 7) is 5.42. The molecule has 1 aromatic carbocycles. The lowest BCUT2D eigenvalue weighted by Gasteiger charge is -2.24. The Morgan fingerprint density at radius 3 is 2.47 bits per heavy atom. The molecule has 7 heteroatoms. The number of carboxylic acid groups (broad SMARTS) is 1. The van der Waals surface area contributed by atoms with Gasteiger partial charge in [0, 0.05) is 9.11 Å². The van der Waals surface area contributed by atoms with Crippen LogP contribution in [-0.4, -0.2) is 25.0 Å². The monoisotopic (exact) mass is 397 g/mol. The van der Waals surface area contributed by atoms with Crippen LogP contribution in [0, 0.1) is 3.57 Å². The molecule has 0 atom stereocenters. The first-order valence-electron chi connectivity index (χ1n) is 5.66. The zero-order valence-corrected chi connectivity index (χ0v) is 13.9. The molecular weight excluding hydrogens is 381 g/mol. The van der Waals surface area contributed by atoms with Crippen LogP contribution < -0.4 is 4.72 Å². The summed E-state index contributed by atoms with van der Waals surface area (Å²) >= 11 is 1.86. The first-order valence-corrected chi connectivity index (χ1v) is 8.22. The summed E-state index contributed by atoms with van der Waals surface area (Å²) in [6.07, 6.45) is 0.627. The number of aromatic carboxylic acids is 1. The predicted molar refractivity (Wildman–Crippen MR) is 80.8 cm³/mol. The van der Waals surface area contributed by atoms with Gasteiger partial charge in [0.05, 0.1) is 10.5 Å². The maximum absolute atomic E-state index is 12.2. The molecule has 0 heterocycles. The number of sulfonamides is 1. The highest BCUT2D eigenvalue weighted by Gasteiger charge is 2.25. The van der Waals surface area contributed by atoms with Crippen molar-refractivity contribution in [1.29, 1.82) is 0 Å². The zero-order valence-electron chi connectivity index (χ0n) is 10.9. The Labute approximate surface area is 126 Å². The molecule has 2 N–H and O–H groups in total. The summed E-state index contributed by atoms with van der Waals surface area (Å²) in [5.74, 6) is -1.14. The Morgan fingerprint density at radius 2 is 2.00 bits per heavy atom. The Balaban J connectivity index is 3.23. The van der Waals surface area contributed by atoms with Crippen LogP contribution in [0.25, 0.3) is 0 Å². The van der Waals surface area contributed by atoms with Gasteiger partial charge in [-0.25, -0.2) is 17.9 Å². The molecule has 0 aromatic heterocycles. The second-order valence-electron chi connectivity index (χ2n) is 4.79. The van der Waals surface area contributed by atoms with E-state index in [4.69, 9.17) is 5.11 Å². The number of nitrogens with one attached hydrogen (secondary N) is 1. The summed E-state index contributed by atoms with van der Waals surface area (Å²) in [7, 11) is -3.72. The first-order chi connectivity index (χ1) is 8.59. The van der Waals surface area contributed by atoms with E-state index >= 15 is 0 Å². The van der Waals surface area contributed by atoms with E-state index in [1.807, 2.05) is 29.5 Å². The molecular formula is C12H16INO4S. The van der Waals surface area contributed by atoms with E-state index in [0.717, 1.165) is 0 Å². The fraction of sp³-hybridized carbons (Fsp3) is 0.417. The molecule has 0 radical (unpaired) electrons. The standard InChI is InChI=1S/C12H16INO4S/c1-4-12(2,3)14-19(17,18)8-5-6-10(13)9(7-8)11(15)16/h5-7,14H,4H2,1-3H3,(H,15,16). The van der Waals surface area contributed by atoms with Crippen molar-refractivity contribution < 1.29 is 18.3 Å². The van der Waals surface area contributed by atoms with Crippen molar-refractivity contribution in [1.82, 2.24) is 4.72 Å². The summed E-state index contributed by atoms with van der Waals surface area (Å²) in [5, 5.41) is 9.01. The molecule has 0 saturated carbocycles. The second-order valence-corrected chi connectivity index (χ2v) is 7.63. The van der Waals surface area contributed by atoms with Crippen LogP contribution in [0.4, 0.5) is 0 Å². The van der Waals surface area contributed by atoms with Gasteiger partial charge in [-0.1, -0.05) is 6.92 Å². The van der Waals surface area contributed by atoms with E-state index in [1.54, 1.807) is 13.8 Å². The maximum Gasteiger partial charge on any atom is 0.336 e. The topological polar surface area (TPSA) is 83.5 Å². The van der Waals surface area contributed by atoms with Gasteiger partial charge in [-0.05, 0) is 61.1 Å². The molecule has 0 amide bonds. The zero-order chi connectivity index (χ0) is 14.8. The SMILES string of the molecule is CCC(C)(C)NS(=O)(=O)c1ccc(I)c(C(=O)O)c1. The third-order valence-corrected chi connectivity index (χ3v) is 5.41. The number of carboxylic acids is 1. The van der Waals surface area contributed by atoms with Gasteiger partial charge in [0.25, 0.3) is 0 Å². The highest BCUT2D eigenvalue weighted by molar-refractivity contribution is 14.1. The molecule has 0 unspecified atom stereocenters. The van der Waals surface area contributed by atoms with Crippen molar-refractivity contribution in [2.24, 2.45) is 0 Å². The van der Waals surface area contributed by atoms with E-state index in [9.17, 15) is 13.2 Å². The van der Waals surface area contributed by atoms with Crippen LogP contribution in [0.1, 0.15) is 37.6 Å². The summed E-state index contributed by atoms with van der Waals surface area (Å²) in [5.41, 5.74) is -0.594. The molecule has 5 nitrogen and oxygen atoms in total. The molecule has 0 aliphatic rings. The number of hydrogen-bond acceptors (Lipinski definition) is 3. The Kier molecular flexibility index (Phi) is 4.97. The van der Waals surface area contributed by atoms with Crippen molar-refractivity contribution in [3.05, 3.63) is 27.3 Å². The lowest BCUT2D eigenvalue weighted by Crippen LogP contribution is -2.42. The molecule has 0 aliphatic heterocycles. The van der Waals surface area contributed by atoms with E-state index in [-0.39, 0.29) is 10.5 Å². The molecule has 0 saturated heterocycles. The first kappa shape index (κ1) is 16.4. The number of halogens is 1. The summed E-state index contributed by atoms with van der Waals surface area (Å²) in [4.78, 5) is 11.0. The molecule has 19 heavy (non-hydrogen) atoms. The van der Waals surface area contributed by atoms with Crippen molar-refractivity contribution in [2.45, 2.75) is 37.6 Å². The number of carbonyl (C=O) groups is 1. The summed E-state index contributed by atoms with van der Waals surface area (Å²) < 4.78 is 27.4. The molecule has 0 aliphatic carbocycles. The van der Waals surface area contributed by atoms with E-state index in [2.05, 4.69) is 4.72 Å². The molecule has 1 aromatic rings. The van der Waals surface area contributed by atoms with Crippen molar-refractivity contribution in [3.63, 3.8) is 0 Å². The molecule has 106 valence electrons. The minimum Gasteiger partial charge on any atom is -0.478 e. The lowest BCUT2D eigenvalue weighted by atomic mass is 10.0. The highest BCUT2D eigenvalue weighted by Crippen LogP contribution is 2.20. The van der Waals surface area contributed by atoms with Crippen LogP contribution in [0.3, 0.4) is 0 Å². The quantitative estimate of drug-likeness (QED) is 0.748. The minimum absolute atomic E-state index is 0.0159. The van der Waals surface area contributed by atoms with Crippen LogP contribution in [0.5, 0.6) is 0 Å². The van der Waals surface area contributed by atoms with Crippen LogP contribution >= 0.6 is 22.6 Å². The van der Waals surface area contributed by atoms with Crippen molar-refractivity contribution in [2.75, 3.05) is 0 Å². The normalized spacial score (nSPS) is 12.4. The van der Waals surface area contributed by atoms with Gasteiger partial charge in [-0.3, -0.25) is 0 Å². The number of rotatable bonds is 5. The Bertz CT molecular complexity index is 596. The van der Waals surface area contributed by atoms with Gasteiger partial charge in [-0.2, -0.15) is 0 Å². The fourth-order valence-corrected chi connectivity index (χ4v) is 3.41. The summed E-state index contributed by atoms with van der Waals surface area (Å²) in [6, 6.07) is 4.07. The van der Waals surface area contributed by atoms with E-state index < -0.39 is 21.5 Å². The van der Waals surface area contributed by atoms with Gasteiger partial charge in [0.1, 0.15) is 0 Å². The van der Waals surface area contributed by atoms with Crippen LogP contribution in [-0.2, 0) is 10.0 Å². The lowest BCUT2D eigenvalue weighted by molar-refractivity contribution is 0.0695. The number of hydrogen-bond donors (Lipinski definition) is 2. The van der Waals surface area contributed by atoms with Crippen LogP contribution in [0.15, 0.2) is 23.1 Å². The predicted octanol–water partition coefficient (Wildman–Crippen LogP) is 2.46. The van der Waals surface area contributed by atoms with Gasteiger partial charge in [0.15, 0.2) is 0 Å². The van der Waals surface area contributed by atoms with Crippen LogP contribution in [0.2, 0.25) is 0 Å².